The van der Waals surface area contributed by atoms with Crippen LogP contribution in [0.2, 0.25) is 0 Å². The lowest BCUT2D eigenvalue weighted by Gasteiger charge is -2.37. The summed E-state index contributed by atoms with van der Waals surface area (Å²) in [5, 5.41) is 6.21. The molecule has 2 aromatic carbocycles. The minimum Gasteiger partial charge on any atom is -0.329 e. The van der Waals surface area contributed by atoms with Crippen molar-refractivity contribution in [1.82, 2.24) is 10.2 Å². The number of rotatable bonds is 3. The molecule has 2 amide bonds. The molecule has 2 N–H and O–H groups in total. The van der Waals surface area contributed by atoms with Gasteiger partial charge < -0.3 is 15.5 Å². The quantitative estimate of drug-likeness (QED) is 0.835. The molecule has 1 fully saturated rings. The predicted octanol–water partition coefficient (Wildman–Crippen LogP) is 3.47. The first-order valence-electron chi connectivity index (χ1n) is 9.79. The first-order valence-corrected chi connectivity index (χ1v) is 10.7. The Bertz CT molecular complexity index is 897. The molecule has 2 heterocycles. The van der Waals surface area contributed by atoms with E-state index in [-0.39, 0.29) is 23.1 Å². The molecule has 2 aliphatic rings. The van der Waals surface area contributed by atoms with Crippen molar-refractivity contribution in [2.75, 3.05) is 25.0 Å². The van der Waals surface area contributed by atoms with Crippen LogP contribution in [0.5, 0.6) is 0 Å². The van der Waals surface area contributed by atoms with E-state index in [1.807, 2.05) is 30.0 Å². The average molecular weight is 396 g/mol. The van der Waals surface area contributed by atoms with Crippen LogP contribution in [0.25, 0.3) is 0 Å². The van der Waals surface area contributed by atoms with Crippen LogP contribution in [0.1, 0.15) is 41.4 Å². The molecule has 0 aliphatic carbocycles. The van der Waals surface area contributed by atoms with Gasteiger partial charge in [-0.3, -0.25) is 9.59 Å². The molecule has 0 bridgehead atoms. The van der Waals surface area contributed by atoms with Gasteiger partial charge in [-0.15, -0.1) is 11.8 Å². The normalized spacial score (nSPS) is 21.8. The van der Waals surface area contributed by atoms with Crippen molar-refractivity contribution in [1.29, 1.82) is 0 Å². The summed E-state index contributed by atoms with van der Waals surface area (Å²) >= 11 is 1.53. The zero-order chi connectivity index (χ0) is 19.7. The van der Waals surface area contributed by atoms with Crippen LogP contribution in [-0.2, 0) is 11.2 Å². The Morgan fingerprint density at radius 1 is 1.21 bits per heavy atom. The number of amides is 2. The number of hydrogen-bond acceptors (Lipinski definition) is 4. The van der Waals surface area contributed by atoms with Gasteiger partial charge in [-0.05, 0) is 42.7 Å². The lowest BCUT2D eigenvalue weighted by atomic mass is 10.00. The van der Waals surface area contributed by atoms with Gasteiger partial charge in [-0.1, -0.05) is 31.2 Å². The molecule has 0 spiro atoms. The Hall–Kier alpha value is -2.31. The first-order chi connectivity index (χ1) is 13.6. The van der Waals surface area contributed by atoms with E-state index >= 15 is 0 Å². The van der Waals surface area contributed by atoms with Crippen LogP contribution < -0.4 is 10.6 Å². The highest BCUT2D eigenvalue weighted by Gasteiger charge is 2.30. The number of nitrogens with one attached hydrogen (secondary N) is 2. The average Bonchev–Trinajstić information content (AvgIpc) is 2.74. The second-order valence-corrected chi connectivity index (χ2v) is 8.66. The van der Waals surface area contributed by atoms with Crippen molar-refractivity contribution in [3.8, 4) is 0 Å². The third-order valence-electron chi connectivity index (χ3n) is 5.43. The van der Waals surface area contributed by atoms with Crippen molar-refractivity contribution >= 4 is 29.3 Å². The van der Waals surface area contributed by atoms with Crippen LogP contribution in [0, 0.1) is 0 Å². The van der Waals surface area contributed by atoms with Crippen LogP contribution >= 0.6 is 11.8 Å². The number of carbonyl (C=O) groups excluding carboxylic acids is 2. The Balaban J connectivity index is 1.60. The summed E-state index contributed by atoms with van der Waals surface area (Å²) in [6, 6.07) is 14.2. The zero-order valence-corrected chi connectivity index (χ0v) is 17.0. The Labute approximate surface area is 169 Å². The molecule has 28 heavy (non-hydrogen) atoms. The number of nitrogens with zero attached hydrogens (tertiary/aromatic N) is 1. The molecule has 0 saturated carbocycles. The molecular weight excluding hydrogens is 370 g/mol. The van der Waals surface area contributed by atoms with Gasteiger partial charge in [0.25, 0.3) is 5.91 Å². The molecule has 5 nitrogen and oxygen atoms in total. The molecule has 6 heteroatoms. The Kier molecular flexibility index (Phi) is 5.42. The summed E-state index contributed by atoms with van der Waals surface area (Å²) in [4.78, 5) is 28.3. The number of aryl methyl sites for hydroxylation is 1. The molecule has 0 aromatic heterocycles. The standard InChI is InChI=1S/C22H25N3O2S/c1-3-15-4-6-16(7-5-15)19-13-23-10-11-25(19)22(27)17-8-9-20-18(12-17)24-21(26)14(2)28-20/h4-9,12,14,19,23H,3,10-11,13H2,1-2H3,(H,24,26). The zero-order valence-electron chi connectivity index (χ0n) is 16.2. The van der Waals surface area contributed by atoms with E-state index in [1.54, 1.807) is 0 Å². The summed E-state index contributed by atoms with van der Waals surface area (Å²) in [7, 11) is 0. The first kappa shape index (κ1) is 19.0. The van der Waals surface area contributed by atoms with Crippen LogP contribution in [0.15, 0.2) is 47.4 Å². The van der Waals surface area contributed by atoms with E-state index in [4.69, 9.17) is 0 Å². The summed E-state index contributed by atoms with van der Waals surface area (Å²) < 4.78 is 0. The fraction of sp³-hybridized carbons (Fsp3) is 0.364. The molecule has 2 aliphatic heterocycles. The maximum absolute atomic E-state index is 13.3. The highest BCUT2D eigenvalue weighted by molar-refractivity contribution is 8.00. The number of thioether (sulfide) groups is 1. The van der Waals surface area contributed by atoms with E-state index in [2.05, 4.69) is 41.8 Å². The molecule has 0 radical (unpaired) electrons. The molecule has 1 saturated heterocycles. The highest BCUT2D eigenvalue weighted by Crippen LogP contribution is 2.36. The van der Waals surface area contributed by atoms with E-state index in [0.717, 1.165) is 35.7 Å². The monoisotopic (exact) mass is 395 g/mol. The number of hydrogen-bond donors (Lipinski definition) is 2. The maximum atomic E-state index is 13.3. The maximum Gasteiger partial charge on any atom is 0.254 e. The Morgan fingerprint density at radius 2 is 2.00 bits per heavy atom. The summed E-state index contributed by atoms with van der Waals surface area (Å²) in [6.07, 6.45) is 1.00. The lowest BCUT2D eigenvalue weighted by Crippen LogP contribution is -2.48. The summed E-state index contributed by atoms with van der Waals surface area (Å²) in [6.45, 7) is 6.21. The van der Waals surface area contributed by atoms with Gasteiger partial charge in [0.1, 0.15) is 0 Å². The SMILES string of the molecule is CCc1ccc(C2CNCCN2C(=O)c2ccc3c(c2)NC(=O)C(C)S3)cc1. The minimum absolute atomic E-state index is 0.00624. The van der Waals surface area contributed by atoms with Gasteiger partial charge in [0, 0.05) is 30.1 Å². The minimum atomic E-state index is -0.113. The van der Waals surface area contributed by atoms with E-state index < -0.39 is 0 Å². The van der Waals surface area contributed by atoms with Gasteiger partial charge in [-0.2, -0.15) is 0 Å². The van der Waals surface area contributed by atoms with Gasteiger partial charge in [0.15, 0.2) is 0 Å². The van der Waals surface area contributed by atoms with Gasteiger partial charge in [0.2, 0.25) is 5.91 Å². The predicted molar refractivity (Wildman–Crippen MR) is 113 cm³/mol. The molecule has 2 aromatic rings. The lowest BCUT2D eigenvalue weighted by molar-refractivity contribution is -0.115. The van der Waals surface area contributed by atoms with Crippen molar-refractivity contribution in [2.24, 2.45) is 0 Å². The third-order valence-corrected chi connectivity index (χ3v) is 6.61. The van der Waals surface area contributed by atoms with Crippen LogP contribution in [0.3, 0.4) is 0 Å². The number of fused-ring (bicyclic) bond motifs is 1. The smallest absolute Gasteiger partial charge is 0.254 e. The van der Waals surface area contributed by atoms with Crippen molar-refractivity contribution in [3.05, 3.63) is 59.2 Å². The summed E-state index contributed by atoms with van der Waals surface area (Å²) in [5.74, 6) is -0.00935. The van der Waals surface area contributed by atoms with Crippen molar-refractivity contribution < 1.29 is 9.59 Å². The summed E-state index contributed by atoms with van der Waals surface area (Å²) in [5.41, 5.74) is 3.79. The Morgan fingerprint density at radius 3 is 2.75 bits per heavy atom. The fourth-order valence-corrected chi connectivity index (χ4v) is 4.66. The van der Waals surface area contributed by atoms with Gasteiger partial charge in [-0.25, -0.2) is 0 Å². The van der Waals surface area contributed by atoms with E-state index in [1.165, 1.54) is 17.3 Å². The molecule has 4 rings (SSSR count). The van der Waals surface area contributed by atoms with Crippen LogP contribution in [0.4, 0.5) is 5.69 Å². The van der Waals surface area contributed by atoms with Gasteiger partial charge in [0.05, 0.1) is 17.0 Å². The number of piperazine rings is 1. The fourth-order valence-electron chi connectivity index (χ4n) is 3.73. The molecule has 2 atom stereocenters. The molecular formula is C22H25N3O2S. The second kappa shape index (κ2) is 7.97. The molecule has 2 unspecified atom stereocenters. The number of benzene rings is 2. The second-order valence-electron chi connectivity index (χ2n) is 7.27. The third kappa shape index (κ3) is 3.66. The van der Waals surface area contributed by atoms with Crippen molar-refractivity contribution in [3.63, 3.8) is 0 Å². The van der Waals surface area contributed by atoms with E-state index in [9.17, 15) is 9.59 Å². The van der Waals surface area contributed by atoms with Gasteiger partial charge >= 0.3 is 0 Å². The number of carbonyl (C=O) groups is 2. The number of anilines is 1. The van der Waals surface area contributed by atoms with Crippen molar-refractivity contribution in [2.45, 2.75) is 36.5 Å². The highest BCUT2D eigenvalue weighted by atomic mass is 32.2. The topological polar surface area (TPSA) is 61.4 Å². The van der Waals surface area contributed by atoms with E-state index in [0.29, 0.717) is 12.1 Å². The largest absolute Gasteiger partial charge is 0.329 e. The van der Waals surface area contributed by atoms with Crippen LogP contribution in [-0.4, -0.2) is 41.6 Å². The molecule has 146 valence electrons.